The maximum Gasteiger partial charge on any atom is 0.393 e. The first kappa shape index (κ1) is 19.9. The zero-order valence-electron chi connectivity index (χ0n) is 15.6. The number of phenols is 1. The van der Waals surface area contributed by atoms with E-state index in [1.54, 1.807) is 18.2 Å². The van der Waals surface area contributed by atoms with Crippen LogP contribution in [0.3, 0.4) is 0 Å². The van der Waals surface area contributed by atoms with E-state index in [2.05, 4.69) is 20.2 Å². The number of fused-ring (bicyclic) bond motifs is 1. The molecule has 1 aliphatic heterocycles. The molecule has 1 saturated heterocycles. The molecular formula is C20H21F3N4OS. The predicted octanol–water partition coefficient (Wildman–Crippen LogP) is 4.58. The molecule has 4 rings (SSSR count). The highest BCUT2D eigenvalue weighted by Crippen LogP contribution is 2.33. The van der Waals surface area contributed by atoms with Crippen LogP contribution in [0.25, 0.3) is 10.2 Å². The van der Waals surface area contributed by atoms with E-state index in [1.807, 2.05) is 12.1 Å². The van der Waals surface area contributed by atoms with Crippen molar-refractivity contribution < 1.29 is 18.3 Å². The molecule has 0 radical (unpaired) electrons. The lowest BCUT2D eigenvalue weighted by Crippen LogP contribution is -2.38. The Hall–Kier alpha value is -2.39. The number of thiophene rings is 1. The fourth-order valence-electron chi connectivity index (χ4n) is 3.65. The van der Waals surface area contributed by atoms with Crippen LogP contribution in [0.5, 0.6) is 5.75 Å². The van der Waals surface area contributed by atoms with Crippen LogP contribution in [0.4, 0.5) is 19.0 Å². The van der Waals surface area contributed by atoms with E-state index in [0.29, 0.717) is 16.0 Å². The van der Waals surface area contributed by atoms with Gasteiger partial charge in [0.2, 0.25) is 0 Å². The molecule has 1 aromatic carbocycles. The third-order valence-corrected chi connectivity index (χ3v) is 6.04. The van der Waals surface area contributed by atoms with Crippen LogP contribution < -0.4 is 5.32 Å². The fourth-order valence-corrected chi connectivity index (χ4v) is 4.67. The number of hydrogen-bond donors (Lipinski definition) is 2. The van der Waals surface area contributed by atoms with Crippen LogP contribution >= 0.6 is 11.3 Å². The van der Waals surface area contributed by atoms with Gasteiger partial charge in [0.25, 0.3) is 0 Å². The summed E-state index contributed by atoms with van der Waals surface area (Å²) in [6.45, 7) is 2.57. The average Bonchev–Trinajstić information content (AvgIpc) is 3.05. The van der Waals surface area contributed by atoms with Crippen molar-refractivity contribution >= 4 is 27.4 Å². The third kappa shape index (κ3) is 5.16. The number of likely N-dealkylation sites (tertiary alicyclic amines) is 1. The maximum absolute atomic E-state index is 12.7. The van der Waals surface area contributed by atoms with Gasteiger partial charge >= 0.3 is 6.18 Å². The first-order chi connectivity index (χ1) is 13.9. The molecule has 1 aliphatic rings. The van der Waals surface area contributed by atoms with Gasteiger partial charge in [0.05, 0.1) is 11.8 Å². The number of piperidine rings is 1. The highest BCUT2D eigenvalue weighted by Gasteiger charge is 2.29. The van der Waals surface area contributed by atoms with E-state index in [9.17, 15) is 18.3 Å². The van der Waals surface area contributed by atoms with Crippen molar-refractivity contribution in [2.45, 2.75) is 38.0 Å². The molecule has 0 atom stereocenters. The van der Waals surface area contributed by atoms with Crippen LogP contribution in [0.1, 0.15) is 23.3 Å². The molecule has 0 aliphatic carbocycles. The van der Waals surface area contributed by atoms with Crippen LogP contribution in [0.15, 0.2) is 36.7 Å². The molecule has 0 bridgehead atoms. The number of aromatic hydroxyl groups is 1. The molecule has 0 unspecified atom stereocenters. The predicted molar refractivity (Wildman–Crippen MR) is 107 cm³/mol. The van der Waals surface area contributed by atoms with Gasteiger partial charge < -0.3 is 10.4 Å². The Morgan fingerprint density at radius 1 is 1.17 bits per heavy atom. The van der Waals surface area contributed by atoms with Crippen molar-refractivity contribution in [2.75, 3.05) is 18.4 Å². The molecule has 5 nitrogen and oxygen atoms in total. The second kappa shape index (κ2) is 8.16. The van der Waals surface area contributed by atoms with Crippen molar-refractivity contribution in [3.8, 4) is 5.75 Å². The Balaban J connectivity index is 1.38. The topological polar surface area (TPSA) is 61.3 Å². The molecule has 0 amide bonds. The minimum Gasteiger partial charge on any atom is -0.508 e. The van der Waals surface area contributed by atoms with Crippen LogP contribution in [-0.2, 0) is 13.0 Å². The van der Waals surface area contributed by atoms with Gasteiger partial charge in [0.15, 0.2) is 0 Å². The van der Waals surface area contributed by atoms with Crippen LogP contribution in [-0.4, -0.2) is 45.3 Å². The van der Waals surface area contributed by atoms with Gasteiger partial charge in [-0.2, -0.15) is 13.2 Å². The van der Waals surface area contributed by atoms with E-state index >= 15 is 0 Å². The van der Waals surface area contributed by atoms with E-state index in [-0.39, 0.29) is 16.7 Å². The summed E-state index contributed by atoms with van der Waals surface area (Å²) in [4.78, 5) is 11.5. The Bertz CT molecular complexity index is 983. The van der Waals surface area contributed by atoms with Gasteiger partial charge in [0.1, 0.15) is 22.7 Å². The number of nitrogens with one attached hydrogen (secondary N) is 1. The molecule has 0 saturated carbocycles. The summed E-state index contributed by atoms with van der Waals surface area (Å²) in [5, 5.41) is 13.7. The fraction of sp³-hybridized carbons (Fsp3) is 0.400. The highest BCUT2D eigenvalue weighted by atomic mass is 32.1. The van der Waals surface area contributed by atoms with Crippen LogP contribution in [0.2, 0.25) is 0 Å². The molecular weight excluding hydrogens is 401 g/mol. The molecule has 9 heteroatoms. The van der Waals surface area contributed by atoms with Gasteiger partial charge in [-0.15, -0.1) is 11.3 Å². The smallest absolute Gasteiger partial charge is 0.393 e. The van der Waals surface area contributed by atoms with E-state index < -0.39 is 12.6 Å². The minimum atomic E-state index is -4.23. The Morgan fingerprint density at radius 3 is 2.69 bits per heavy atom. The summed E-state index contributed by atoms with van der Waals surface area (Å²) in [5.41, 5.74) is 1.07. The highest BCUT2D eigenvalue weighted by molar-refractivity contribution is 7.18. The molecule has 0 spiro atoms. The number of anilines is 1. The van der Waals surface area contributed by atoms with Crippen molar-refractivity contribution in [1.82, 2.24) is 14.9 Å². The SMILES string of the molecule is Oc1cccc(CN2CCC(Nc3ncnc4sc(CC(F)(F)F)cc34)CC2)c1. The number of benzene rings is 1. The van der Waals surface area contributed by atoms with Crippen molar-refractivity contribution in [1.29, 1.82) is 0 Å². The number of nitrogens with zero attached hydrogens (tertiary/aromatic N) is 3. The van der Waals surface area contributed by atoms with Crippen molar-refractivity contribution in [3.63, 3.8) is 0 Å². The van der Waals surface area contributed by atoms with E-state index in [0.717, 1.165) is 49.4 Å². The van der Waals surface area contributed by atoms with Crippen LogP contribution in [0, 0.1) is 0 Å². The molecule has 154 valence electrons. The lowest BCUT2D eigenvalue weighted by atomic mass is 10.0. The summed E-state index contributed by atoms with van der Waals surface area (Å²) in [6, 6.07) is 9.03. The number of hydrogen-bond acceptors (Lipinski definition) is 6. The summed E-state index contributed by atoms with van der Waals surface area (Å²) in [7, 11) is 0. The summed E-state index contributed by atoms with van der Waals surface area (Å²) in [5.74, 6) is 0.874. The summed E-state index contributed by atoms with van der Waals surface area (Å²) >= 11 is 1.06. The third-order valence-electron chi connectivity index (χ3n) is 5.00. The Morgan fingerprint density at radius 2 is 1.97 bits per heavy atom. The molecule has 2 aromatic heterocycles. The summed E-state index contributed by atoms with van der Waals surface area (Å²) < 4.78 is 38.1. The van der Waals surface area contributed by atoms with Crippen molar-refractivity contribution in [3.05, 3.63) is 47.1 Å². The van der Waals surface area contributed by atoms with Gasteiger partial charge in [-0.05, 0) is 36.6 Å². The molecule has 29 heavy (non-hydrogen) atoms. The normalized spacial score (nSPS) is 16.4. The first-order valence-electron chi connectivity index (χ1n) is 9.43. The number of rotatable bonds is 5. The Labute approximate surface area is 170 Å². The minimum absolute atomic E-state index is 0.208. The van der Waals surface area contributed by atoms with Gasteiger partial charge in [0, 0.05) is 30.6 Å². The number of phenolic OH excluding ortho intramolecular Hbond substituents is 1. The average molecular weight is 422 g/mol. The van der Waals surface area contributed by atoms with E-state index in [1.165, 1.54) is 6.33 Å². The van der Waals surface area contributed by atoms with Gasteiger partial charge in [-0.3, -0.25) is 4.90 Å². The monoisotopic (exact) mass is 422 g/mol. The number of aromatic nitrogens is 2. The number of halogens is 3. The molecule has 3 heterocycles. The van der Waals surface area contributed by atoms with Gasteiger partial charge in [-0.25, -0.2) is 9.97 Å². The second-order valence-electron chi connectivity index (χ2n) is 7.31. The lowest BCUT2D eigenvalue weighted by Gasteiger charge is -2.32. The molecule has 2 N–H and O–H groups in total. The number of alkyl halides is 3. The standard InChI is InChI=1S/C20H21F3N4OS/c21-20(22,23)10-16-9-17-18(24-12-25-19(17)29-16)26-14-4-6-27(7-5-14)11-13-2-1-3-15(28)8-13/h1-3,8-9,12,14,28H,4-7,10-11H2,(H,24,25,26). The molecule has 1 fully saturated rings. The zero-order chi connectivity index (χ0) is 20.4. The maximum atomic E-state index is 12.7. The molecule has 3 aromatic rings. The first-order valence-corrected chi connectivity index (χ1v) is 10.2. The van der Waals surface area contributed by atoms with E-state index in [4.69, 9.17) is 0 Å². The quantitative estimate of drug-likeness (QED) is 0.630. The van der Waals surface area contributed by atoms with Gasteiger partial charge in [-0.1, -0.05) is 12.1 Å². The second-order valence-corrected chi connectivity index (χ2v) is 8.43. The zero-order valence-corrected chi connectivity index (χ0v) is 16.4. The summed E-state index contributed by atoms with van der Waals surface area (Å²) in [6.07, 6.45) is -1.96. The van der Waals surface area contributed by atoms with Crippen molar-refractivity contribution in [2.24, 2.45) is 0 Å². The largest absolute Gasteiger partial charge is 0.508 e. The Kier molecular flexibility index (Phi) is 5.60. The lowest BCUT2D eigenvalue weighted by molar-refractivity contribution is -0.126.